The molecule has 0 bridgehead atoms. The van der Waals surface area contributed by atoms with Crippen molar-refractivity contribution in [3.63, 3.8) is 0 Å². The number of benzene rings is 1. The Morgan fingerprint density at radius 2 is 2.24 bits per heavy atom. The molecule has 2 aromatic rings. The van der Waals surface area contributed by atoms with Crippen LogP contribution in [0.4, 0.5) is 15.8 Å². The van der Waals surface area contributed by atoms with Crippen LogP contribution in [-0.4, -0.2) is 9.91 Å². The standard InChI is InChI=1S/C11H10FN3O2/c12-9-1-2-10(11(5-9)15(16)17)14-7-8-3-4-13-6-8/h1-6,13-14H,7H2. The highest BCUT2D eigenvalue weighted by molar-refractivity contribution is 5.61. The lowest BCUT2D eigenvalue weighted by molar-refractivity contribution is -0.384. The third-order valence-corrected chi connectivity index (χ3v) is 2.30. The van der Waals surface area contributed by atoms with Gasteiger partial charge < -0.3 is 10.3 Å². The number of halogens is 1. The largest absolute Gasteiger partial charge is 0.375 e. The number of nitro groups is 1. The highest BCUT2D eigenvalue weighted by Gasteiger charge is 2.14. The first-order valence-corrected chi connectivity index (χ1v) is 4.96. The van der Waals surface area contributed by atoms with Crippen molar-refractivity contribution in [3.05, 3.63) is 58.2 Å². The second-order valence-electron chi connectivity index (χ2n) is 3.49. The average molecular weight is 235 g/mol. The maximum Gasteiger partial charge on any atom is 0.295 e. The van der Waals surface area contributed by atoms with Gasteiger partial charge in [0.2, 0.25) is 0 Å². The molecule has 1 aromatic heterocycles. The molecule has 1 heterocycles. The first-order chi connectivity index (χ1) is 8.16. The van der Waals surface area contributed by atoms with Crippen molar-refractivity contribution in [2.45, 2.75) is 6.54 Å². The van der Waals surface area contributed by atoms with E-state index in [1.807, 2.05) is 6.07 Å². The maximum atomic E-state index is 12.9. The van der Waals surface area contributed by atoms with Gasteiger partial charge in [0.05, 0.1) is 11.0 Å². The molecule has 0 aliphatic carbocycles. The molecule has 88 valence electrons. The van der Waals surface area contributed by atoms with Crippen LogP contribution in [0.3, 0.4) is 0 Å². The molecule has 0 amide bonds. The average Bonchev–Trinajstić information content (AvgIpc) is 2.80. The number of hydrogen-bond donors (Lipinski definition) is 2. The molecule has 0 fully saturated rings. The summed E-state index contributed by atoms with van der Waals surface area (Å²) in [5.41, 5.74) is 1.00. The van der Waals surface area contributed by atoms with Gasteiger partial charge >= 0.3 is 0 Å². The smallest absolute Gasteiger partial charge is 0.295 e. The van der Waals surface area contributed by atoms with Crippen molar-refractivity contribution in [2.75, 3.05) is 5.32 Å². The summed E-state index contributed by atoms with van der Waals surface area (Å²) >= 11 is 0. The Kier molecular flexibility index (Phi) is 3.04. The van der Waals surface area contributed by atoms with Gasteiger partial charge in [-0.05, 0) is 23.8 Å². The topological polar surface area (TPSA) is 71.0 Å². The molecule has 0 aliphatic rings. The molecule has 17 heavy (non-hydrogen) atoms. The molecule has 5 nitrogen and oxygen atoms in total. The van der Waals surface area contributed by atoms with Crippen LogP contribution in [-0.2, 0) is 6.54 Å². The van der Waals surface area contributed by atoms with Crippen LogP contribution in [0.2, 0.25) is 0 Å². The number of anilines is 1. The van der Waals surface area contributed by atoms with Crippen LogP contribution in [0.1, 0.15) is 5.56 Å². The Hall–Kier alpha value is -2.37. The van der Waals surface area contributed by atoms with Crippen molar-refractivity contribution in [2.24, 2.45) is 0 Å². The van der Waals surface area contributed by atoms with Gasteiger partial charge in [-0.1, -0.05) is 0 Å². The second-order valence-corrected chi connectivity index (χ2v) is 3.49. The number of hydrogen-bond acceptors (Lipinski definition) is 3. The summed E-state index contributed by atoms with van der Waals surface area (Å²) in [5.74, 6) is -0.621. The van der Waals surface area contributed by atoms with Gasteiger partial charge in [0.25, 0.3) is 5.69 Å². The third kappa shape index (κ3) is 2.60. The number of nitro benzene ring substituents is 1. The molecule has 0 saturated heterocycles. The molecule has 0 radical (unpaired) electrons. The zero-order valence-corrected chi connectivity index (χ0v) is 8.81. The number of rotatable bonds is 4. The van der Waals surface area contributed by atoms with E-state index in [-0.39, 0.29) is 5.69 Å². The predicted octanol–water partition coefficient (Wildman–Crippen LogP) is 2.67. The van der Waals surface area contributed by atoms with Gasteiger partial charge in [-0.3, -0.25) is 10.1 Å². The van der Waals surface area contributed by atoms with Gasteiger partial charge in [0.1, 0.15) is 11.5 Å². The summed E-state index contributed by atoms with van der Waals surface area (Å²) in [6.45, 7) is 0.440. The van der Waals surface area contributed by atoms with Crippen LogP contribution in [0.15, 0.2) is 36.7 Å². The third-order valence-electron chi connectivity index (χ3n) is 2.30. The zero-order valence-electron chi connectivity index (χ0n) is 8.81. The summed E-state index contributed by atoms with van der Waals surface area (Å²) < 4.78 is 12.9. The van der Waals surface area contributed by atoms with Gasteiger partial charge in [-0.2, -0.15) is 0 Å². The summed E-state index contributed by atoms with van der Waals surface area (Å²) in [5, 5.41) is 13.6. The Morgan fingerprint density at radius 1 is 1.41 bits per heavy atom. The Bertz CT molecular complexity index is 526. The predicted molar refractivity (Wildman–Crippen MR) is 61.2 cm³/mol. The van der Waals surface area contributed by atoms with Gasteiger partial charge in [-0.15, -0.1) is 0 Å². The molecule has 0 aliphatic heterocycles. The molecular formula is C11H10FN3O2. The Labute approximate surface area is 96.4 Å². The fraction of sp³-hybridized carbons (Fsp3) is 0.0909. The monoisotopic (exact) mass is 235 g/mol. The number of nitrogens with zero attached hydrogens (tertiary/aromatic N) is 1. The maximum absolute atomic E-state index is 12.9. The van der Waals surface area contributed by atoms with E-state index in [2.05, 4.69) is 10.3 Å². The van der Waals surface area contributed by atoms with Gasteiger partial charge in [0.15, 0.2) is 0 Å². The van der Waals surface area contributed by atoms with E-state index in [1.165, 1.54) is 12.1 Å². The SMILES string of the molecule is O=[N+]([O-])c1cc(F)ccc1NCc1cc[nH]c1. The second kappa shape index (κ2) is 4.65. The van der Waals surface area contributed by atoms with Crippen LogP contribution in [0.5, 0.6) is 0 Å². The number of H-pyrrole nitrogens is 1. The summed E-state index contributed by atoms with van der Waals surface area (Å²) in [4.78, 5) is 13.0. The molecule has 1 aromatic carbocycles. The number of nitrogens with one attached hydrogen (secondary N) is 2. The Morgan fingerprint density at radius 3 is 2.88 bits per heavy atom. The molecule has 2 N–H and O–H groups in total. The summed E-state index contributed by atoms with van der Waals surface area (Å²) in [7, 11) is 0. The van der Waals surface area contributed by atoms with Crippen molar-refractivity contribution in [3.8, 4) is 0 Å². The van der Waals surface area contributed by atoms with Gasteiger partial charge in [0, 0.05) is 18.9 Å². The van der Waals surface area contributed by atoms with E-state index in [4.69, 9.17) is 0 Å². The van der Waals surface area contributed by atoms with Crippen molar-refractivity contribution >= 4 is 11.4 Å². The lowest BCUT2D eigenvalue weighted by Gasteiger charge is -2.05. The Balaban J connectivity index is 2.17. The fourth-order valence-corrected chi connectivity index (χ4v) is 1.47. The molecule has 2 rings (SSSR count). The van der Waals surface area contributed by atoms with E-state index in [1.54, 1.807) is 12.4 Å². The first-order valence-electron chi connectivity index (χ1n) is 4.96. The lowest BCUT2D eigenvalue weighted by atomic mass is 10.2. The normalized spacial score (nSPS) is 10.2. The lowest BCUT2D eigenvalue weighted by Crippen LogP contribution is -2.02. The minimum Gasteiger partial charge on any atom is -0.375 e. The van der Waals surface area contributed by atoms with Gasteiger partial charge in [-0.25, -0.2) is 4.39 Å². The molecular weight excluding hydrogens is 225 g/mol. The van der Waals surface area contributed by atoms with E-state index >= 15 is 0 Å². The van der Waals surface area contributed by atoms with Crippen LogP contribution >= 0.6 is 0 Å². The highest BCUT2D eigenvalue weighted by Crippen LogP contribution is 2.25. The van der Waals surface area contributed by atoms with Crippen molar-refractivity contribution < 1.29 is 9.31 Å². The van der Waals surface area contributed by atoms with Crippen LogP contribution < -0.4 is 5.32 Å². The molecule has 0 spiro atoms. The van der Waals surface area contributed by atoms with Crippen LogP contribution in [0, 0.1) is 15.9 Å². The quantitative estimate of drug-likeness (QED) is 0.632. The minimum atomic E-state index is -0.621. The molecule has 6 heteroatoms. The van der Waals surface area contributed by atoms with E-state index in [0.29, 0.717) is 12.2 Å². The summed E-state index contributed by atoms with van der Waals surface area (Å²) in [6, 6.07) is 5.30. The molecule has 0 saturated carbocycles. The fourth-order valence-electron chi connectivity index (χ4n) is 1.47. The number of aromatic amines is 1. The summed E-state index contributed by atoms with van der Waals surface area (Å²) in [6.07, 6.45) is 3.54. The van der Waals surface area contributed by atoms with Crippen molar-refractivity contribution in [1.82, 2.24) is 4.98 Å². The van der Waals surface area contributed by atoms with Crippen molar-refractivity contribution in [1.29, 1.82) is 0 Å². The highest BCUT2D eigenvalue weighted by atomic mass is 19.1. The zero-order chi connectivity index (χ0) is 12.3. The number of aromatic nitrogens is 1. The van der Waals surface area contributed by atoms with E-state index in [9.17, 15) is 14.5 Å². The van der Waals surface area contributed by atoms with Crippen LogP contribution in [0.25, 0.3) is 0 Å². The van der Waals surface area contributed by atoms with E-state index < -0.39 is 10.7 Å². The molecule has 0 atom stereocenters. The minimum absolute atomic E-state index is 0.263. The molecule has 0 unspecified atom stereocenters. The first kappa shape index (κ1) is 11.1. The van der Waals surface area contributed by atoms with E-state index in [0.717, 1.165) is 11.6 Å².